The van der Waals surface area contributed by atoms with Crippen molar-refractivity contribution >= 4 is 17.4 Å². The summed E-state index contributed by atoms with van der Waals surface area (Å²) in [6, 6.07) is 1.82. The molecule has 1 aliphatic heterocycles. The molecule has 0 saturated carbocycles. The SMILES string of the molecule is Cc1cc(C(=O)N2CCC(CO)C2)ns1. The summed E-state index contributed by atoms with van der Waals surface area (Å²) in [5.41, 5.74) is 0.538. The van der Waals surface area contributed by atoms with Gasteiger partial charge in [0.15, 0.2) is 0 Å². The highest BCUT2D eigenvalue weighted by Gasteiger charge is 2.27. The van der Waals surface area contributed by atoms with Gasteiger partial charge in [-0.05, 0) is 30.9 Å². The Kier molecular flexibility index (Phi) is 3.02. The highest BCUT2D eigenvalue weighted by atomic mass is 32.1. The van der Waals surface area contributed by atoms with E-state index in [4.69, 9.17) is 5.11 Å². The smallest absolute Gasteiger partial charge is 0.273 e. The zero-order valence-electron chi connectivity index (χ0n) is 8.64. The minimum absolute atomic E-state index is 0.00435. The predicted octanol–water partition coefficient (Wildman–Crippen LogP) is 0.906. The molecule has 15 heavy (non-hydrogen) atoms. The van der Waals surface area contributed by atoms with E-state index >= 15 is 0 Å². The summed E-state index contributed by atoms with van der Waals surface area (Å²) in [6.45, 7) is 3.50. The third-order valence-corrected chi connectivity index (χ3v) is 3.37. The molecule has 2 heterocycles. The van der Waals surface area contributed by atoms with E-state index in [9.17, 15) is 4.79 Å². The van der Waals surface area contributed by atoms with Crippen LogP contribution in [0.15, 0.2) is 6.07 Å². The molecule has 1 saturated heterocycles. The molecule has 1 N–H and O–H groups in total. The highest BCUT2D eigenvalue weighted by Crippen LogP contribution is 2.18. The van der Waals surface area contributed by atoms with Crippen molar-refractivity contribution in [1.29, 1.82) is 0 Å². The summed E-state index contributed by atoms with van der Waals surface area (Å²) >= 11 is 1.35. The van der Waals surface area contributed by atoms with Gasteiger partial charge in [0.1, 0.15) is 5.69 Å². The van der Waals surface area contributed by atoms with E-state index in [1.54, 1.807) is 4.90 Å². The van der Waals surface area contributed by atoms with Gasteiger partial charge < -0.3 is 10.0 Å². The van der Waals surface area contributed by atoms with E-state index in [0.29, 0.717) is 12.2 Å². The van der Waals surface area contributed by atoms with Crippen LogP contribution in [-0.2, 0) is 0 Å². The first-order chi connectivity index (χ1) is 7.20. The van der Waals surface area contributed by atoms with Crippen molar-refractivity contribution in [1.82, 2.24) is 9.27 Å². The van der Waals surface area contributed by atoms with Crippen LogP contribution in [-0.4, -0.2) is 40.0 Å². The molecule has 1 unspecified atom stereocenters. The van der Waals surface area contributed by atoms with Crippen LogP contribution in [0.3, 0.4) is 0 Å². The Balaban J connectivity index is 2.03. The lowest BCUT2D eigenvalue weighted by Crippen LogP contribution is -2.29. The lowest BCUT2D eigenvalue weighted by atomic mass is 10.1. The maximum absolute atomic E-state index is 11.9. The fraction of sp³-hybridized carbons (Fsp3) is 0.600. The molecule has 1 atom stereocenters. The van der Waals surface area contributed by atoms with Crippen LogP contribution in [0, 0.1) is 12.8 Å². The Morgan fingerprint density at radius 3 is 3.13 bits per heavy atom. The summed E-state index contributed by atoms with van der Waals surface area (Å²) in [7, 11) is 0. The van der Waals surface area contributed by atoms with Crippen LogP contribution in [0.25, 0.3) is 0 Å². The van der Waals surface area contributed by atoms with Crippen molar-refractivity contribution in [3.63, 3.8) is 0 Å². The van der Waals surface area contributed by atoms with Gasteiger partial charge in [0.05, 0.1) is 0 Å². The van der Waals surface area contributed by atoms with Gasteiger partial charge in [0.2, 0.25) is 0 Å². The van der Waals surface area contributed by atoms with Gasteiger partial charge in [-0.15, -0.1) is 0 Å². The number of aliphatic hydroxyl groups is 1. The van der Waals surface area contributed by atoms with Gasteiger partial charge in [-0.25, -0.2) is 0 Å². The minimum atomic E-state index is -0.00435. The number of aromatic nitrogens is 1. The lowest BCUT2D eigenvalue weighted by molar-refractivity contribution is 0.0777. The molecule has 1 aromatic rings. The van der Waals surface area contributed by atoms with Crippen molar-refractivity contribution in [3.8, 4) is 0 Å². The number of hydrogen-bond acceptors (Lipinski definition) is 4. The number of hydrogen-bond donors (Lipinski definition) is 1. The number of nitrogens with zero attached hydrogens (tertiary/aromatic N) is 2. The number of aryl methyl sites for hydroxylation is 1. The van der Waals surface area contributed by atoms with Crippen molar-refractivity contribution in [2.24, 2.45) is 5.92 Å². The van der Waals surface area contributed by atoms with Crippen LogP contribution in [0.1, 0.15) is 21.8 Å². The fourth-order valence-electron chi connectivity index (χ4n) is 1.80. The number of amides is 1. The predicted molar refractivity (Wildman–Crippen MR) is 57.9 cm³/mol. The summed E-state index contributed by atoms with van der Waals surface area (Å²) in [4.78, 5) is 14.7. The number of carbonyl (C=O) groups excluding carboxylic acids is 1. The van der Waals surface area contributed by atoms with Crippen LogP contribution in [0.5, 0.6) is 0 Å². The summed E-state index contributed by atoms with van der Waals surface area (Å²) in [5.74, 6) is 0.240. The van der Waals surface area contributed by atoms with Crippen LogP contribution < -0.4 is 0 Å². The van der Waals surface area contributed by atoms with Gasteiger partial charge in [-0.2, -0.15) is 4.37 Å². The number of carbonyl (C=O) groups is 1. The second-order valence-electron chi connectivity index (χ2n) is 3.91. The van der Waals surface area contributed by atoms with Gasteiger partial charge in [-0.1, -0.05) is 0 Å². The second kappa shape index (κ2) is 4.28. The number of aliphatic hydroxyl groups excluding tert-OH is 1. The highest BCUT2D eigenvalue weighted by molar-refractivity contribution is 7.05. The maximum Gasteiger partial charge on any atom is 0.273 e. The van der Waals surface area contributed by atoms with Gasteiger partial charge in [0, 0.05) is 30.5 Å². The van der Waals surface area contributed by atoms with E-state index in [2.05, 4.69) is 4.37 Å². The summed E-state index contributed by atoms with van der Waals surface area (Å²) in [5, 5.41) is 8.99. The monoisotopic (exact) mass is 226 g/mol. The first kappa shape index (κ1) is 10.6. The lowest BCUT2D eigenvalue weighted by Gasteiger charge is -2.14. The maximum atomic E-state index is 11.9. The average molecular weight is 226 g/mol. The number of likely N-dealkylation sites (tertiary alicyclic amines) is 1. The van der Waals surface area contributed by atoms with Crippen molar-refractivity contribution in [3.05, 3.63) is 16.6 Å². The standard InChI is InChI=1S/C10H14N2O2S/c1-7-4-9(11-15-7)10(14)12-3-2-8(5-12)6-13/h4,8,13H,2-3,5-6H2,1H3. The van der Waals surface area contributed by atoms with Crippen molar-refractivity contribution in [2.75, 3.05) is 19.7 Å². The first-order valence-electron chi connectivity index (χ1n) is 5.04. The second-order valence-corrected chi connectivity index (χ2v) is 4.92. The van der Waals surface area contributed by atoms with Gasteiger partial charge >= 0.3 is 0 Å². The van der Waals surface area contributed by atoms with Crippen molar-refractivity contribution in [2.45, 2.75) is 13.3 Å². The molecule has 2 rings (SSSR count). The normalized spacial score (nSPS) is 20.9. The van der Waals surface area contributed by atoms with Crippen LogP contribution in [0.4, 0.5) is 0 Å². The third-order valence-electron chi connectivity index (χ3n) is 2.68. The molecule has 1 aliphatic rings. The molecule has 4 nitrogen and oxygen atoms in total. The average Bonchev–Trinajstić information content (AvgIpc) is 2.84. The fourth-order valence-corrected chi connectivity index (χ4v) is 2.33. The Morgan fingerprint density at radius 1 is 1.80 bits per heavy atom. The molecular formula is C10H14N2O2S. The number of rotatable bonds is 2. The minimum Gasteiger partial charge on any atom is -0.396 e. The molecule has 0 radical (unpaired) electrons. The Hall–Kier alpha value is -0.940. The van der Waals surface area contributed by atoms with Crippen LogP contribution >= 0.6 is 11.5 Å². The molecule has 0 bridgehead atoms. The quantitative estimate of drug-likeness (QED) is 0.815. The molecule has 1 fully saturated rings. The molecule has 0 aliphatic carbocycles. The van der Waals surface area contributed by atoms with E-state index < -0.39 is 0 Å². The molecule has 1 aromatic heterocycles. The molecule has 5 heteroatoms. The van der Waals surface area contributed by atoms with Gasteiger partial charge in [-0.3, -0.25) is 4.79 Å². The molecule has 1 amide bonds. The third kappa shape index (κ3) is 2.18. The molecule has 0 spiro atoms. The van der Waals surface area contributed by atoms with Gasteiger partial charge in [0.25, 0.3) is 5.91 Å². The molecular weight excluding hydrogens is 212 g/mol. The molecule has 0 aromatic carbocycles. The topological polar surface area (TPSA) is 53.4 Å². The van der Waals surface area contributed by atoms with Crippen LogP contribution in [0.2, 0.25) is 0 Å². The summed E-state index contributed by atoms with van der Waals surface area (Å²) in [6.07, 6.45) is 0.894. The van der Waals surface area contributed by atoms with E-state index in [1.807, 2.05) is 13.0 Å². The largest absolute Gasteiger partial charge is 0.396 e. The summed E-state index contributed by atoms with van der Waals surface area (Å²) < 4.78 is 4.10. The van der Waals surface area contributed by atoms with E-state index in [0.717, 1.165) is 17.8 Å². The van der Waals surface area contributed by atoms with E-state index in [1.165, 1.54) is 11.5 Å². The Labute approximate surface area is 92.7 Å². The first-order valence-corrected chi connectivity index (χ1v) is 5.81. The zero-order chi connectivity index (χ0) is 10.8. The zero-order valence-corrected chi connectivity index (χ0v) is 9.46. The molecule has 82 valence electrons. The Morgan fingerprint density at radius 2 is 2.60 bits per heavy atom. The van der Waals surface area contributed by atoms with E-state index in [-0.39, 0.29) is 18.4 Å². The Bertz CT molecular complexity index is 364. The van der Waals surface area contributed by atoms with Crippen molar-refractivity contribution < 1.29 is 9.90 Å².